The molecule has 0 radical (unpaired) electrons. The van der Waals surface area contributed by atoms with E-state index in [2.05, 4.69) is 267 Å². The lowest BCUT2D eigenvalue weighted by Gasteiger charge is -2.29. The molecule has 4 aliphatic rings. The molecule has 2 unspecified atom stereocenters. The maximum atomic E-state index is 2.54. The summed E-state index contributed by atoms with van der Waals surface area (Å²) >= 11 is 0. The Morgan fingerprint density at radius 3 is 1.35 bits per heavy atom. The van der Waals surface area contributed by atoms with Crippen molar-refractivity contribution >= 4 is 77.0 Å². The van der Waals surface area contributed by atoms with E-state index in [0.29, 0.717) is 5.92 Å². The summed E-state index contributed by atoms with van der Waals surface area (Å²) in [6.07, 6.45) is 14.1. The molecule has 0 N–H and O–H groups in total. The van der Waals surface area contributed by atoms with Crippen molar-refractivity contribution < 1.29 is 0 Å². The summed E-state index contributed by atoms with van der Waals surface area (Å²) in [7, 11) is 0. The maximum absolute atomic E-state index is 2.54. The van der Waals surface area contributed by atoms with Gasteiger partial charge in [0.1, 0.15) is 0 Å². The van der Waals surface area contributed by atoms with Crippen molar-refractivity contribution in [1.82, 2.24) is 0 Å². The lowest BCUT2D eigenvalue weighted by Crippen LogP contribution is -2.14. The Kier molecular flexibility index (Phi) is 9.19. The molecule has 0 saturated carbocycles. The molecular weight excluding hydrogens is 865 g/mol. The van der Waals surface area contributed by atoms with E-state index in [4.69, 9.17) is 0 Å². The molecule has 0 spiro atoms. The monoisotopic (exact) mass is 910 g/mol. The predicted octanol–water partition coefficient (Wildman–Crippen LogP) is 18.8. The highest BCUT2D eigenvalue weighted by molar-refractivity contribution is 6.41. The fraction of sp³-hybridized carbons (Fsp3) is 0.0278. The Morgan fingerprint density at radius 2 is 0.722 bits per heavy atom. The van der Waals surface area contributed by atoms with Gasteiger partial charge in [0.2, 0.25) is 0 Å². The van der Waals surface area contributed by atoms with Gasteiger partial charge in [-0.05, 0) is 155 Å². The first-order valence-corrected chi connectivity index (χ1v) is 25.3. The minimum atomic E-state index is 0.266. The molecule has 15 rings (SSSR count). The molecule has 0 bridgehead atoms. The van der Waals surface area contributed by atoms with Gasteiger partial charge in [0.25, 0.3) is 0 Å². The molecule has 0 heterocycles. The average molecular weight is 911 g/mol. The summed E-state index contributed by atoms with van der Waals surface area (Å²) in [5.74, 6) is 0.591. The van der Waals surface area contributed by atoms with Crippen molar-refractivity contribution in [2.45, 2.75) is 5.92 Å². The van der Waals surface area contributed by atoms with Crippen molar-refractivity contribution in [3.63, 3.8) is 0 Å². The zero-order chi connectivity index (χ0) is 47.3. The molecule has 11 aromatic rings. The van der Waals surface area contributed by atoms with Gasteiger partial charge in [-0.3, -0.25) is 0 Å². The van der Waals surface area contributed by atoms with Crippen LogP contribution in [-0.2, 0) is 0 Å². The van der Waals surface area contributed by atoms with Crippen LogP contribution in [0.3, 0.4) is 0 Å². The molecular formula is C72H46. The Balaban J connectivity index is 1.16. The van der Waals surface area contributed by atoms with E-state index in [1.54, 1.807) is 0 Å². The van der Waals surface area contributed by atoms with Crippen LogP contribution >= 0.6 is 0 Å². The minimum absolute atomic E-state index is 0.266. The van der Waals surface area contributed by atoms with Gasteiger partial charge in [-0.2, -0.15) is 0 Å². The second-order valence-corrected chi connectivity index (χ2v) is 19.7. The minimum Gasteiger partial charge on any atom is -0.0767 e. The normalized spacial score (nSPS) is 16.6. The number of rotatable bonds is 6. The zero-order valence-electron chi connectivity index (χ0n) is 39.6. The second kappa shape index (κ2) is 16.2. The van der Waals surface area contributed by atoms with Gasteiger partial charge < -0.3 is 0 Å². The molecule has 334 valence electrons. The highest BCUT2D eigenvalue weighted by Gasteiger charge is 2.42. The van der Waals surface area contributed by atoms with Gasteiger partial charge >= 0.3 is 0 Å². The molecule has 4 aliphatic carbocycles. The van der Waals surface area contributed by atoms with Gasteiger partial charge in [0.15, 0.2) is 0 Å². The number of hydrogen-bond acceptors (Lipinski definition) is 0. The van der Waals surface area contributed by atoms with Gasteiger partial charge in [0, 0.05) is 11.8 Å². The van der Waals surface area contributed by atoms with Crippen LogP contribution in [0.2, 0.25) is 0 Å². The predicted molar refractivity (Wildman–Crippen MR) is 306 cm³/mol. The molecule has 0 aromatic heterocycles. The van der Waals surface area contributed by atoms with Crippen LogP contribution in [0.4, 0.5) is 0 Å². The Labute approximate surface area is 419 Å². The largest absolute Gasteiger partial charge is 0.0767 e. The Bertz CT molecular complexity index is 4290. The highest BCUT2D eigenvalue weighted by atomic mass is 14.4. The van der Waals surface area contributed by atoms with E-state index in [1.807, 2.05) is 0 Å². The third-order valence-corrected chi connectivity index (χ3v) is 16.0. The second-order valence-electron chi connectivity index (χ2n) is 19.7. The lowest BCUT2D eigenvalue weighted by molar-refractivity contribution is 0.692. The summed E-state index contributed by atoms with van der Waals surface area (Å²) in [5, 5.41) is 10.0. The average Bonchev–Trinajstić information content (AvgIpc) is 3.97. The van der Waals surface area contributed by atoms with Crippen molar-refractivity contribution in [3.8, 4) is 22.3 Å². The van der Waals surface area contributed by atoms with Gasteiger partial charge in [-0.25, -0.2) is 0 Å². The zero-order valence-corrected chi connectivity index (χ0v) is 39.6. The molecule has 11 aromatic carbocycles. The molecule has 2 atom stereocenters. The summed E-state index contributed by atoms with van der Waals surface area (Å²) in [4.78, 5) is 0. The molecule has 0 nitrogen and oxygen atoms in total. The van der Waals surface area contributed by atoms with Crippen LogP contribution in [0.15, 0.2) is 266 Å². The van der Waals surface area contributed by atoms with Crippen LogP contribution in [0.25, 0.3) is 99.3 Å². The summed E-state index contributed by atoms with van der Waals surface area (Å²) < 4.78 is 0. The fourth-order valence-electron chi connectivity index (χ4n) is 12.8. The van der Waals surface area contributed by atoms with E-state index >= 15 is 0 Å². The fourth-order valence-corrected chi connectivity index (χ4v) is 12.8. The molecule has 0 saturated heterocycles. The molecule has 0 heteroatoms. The third kappa shape index (κ3) is 6.12. The number of benzene rings is 11. The first-order valence-electron chi connectivity index (χ1n) is 25.3. The van der Waals surface area contributed by atoms with Crippen LogP contribution in [0.1, 0.15) is 50.4 Å². The van der Waals surface area contributed by atoms with E-state index in [9.17, 15) is 0 Å². The standard InChI is InChI=1S/C72H46/c1-4-19-45(20-5-1)63-43-65-66(44-64(63)46-21-6-2-7-22-46)71-67(50-26-8-3-9-27-50)69(61-35-17-32-55-52-29-14-11-24-48(52)38-41-58(55)61)70(62-36-18-33-56-53-30-15-12-25-49(53)39-42-59(56)62)72(71)68(65)60-34-16-31-54-51-28-13-10-23-47(51)37-40-57(54)60/h1-44,48,52H. The van der Waals surface area contributed by atoms with Crippen LogP contribution < -0.4 is 0 Å². The van der Waals surface area contributed by atoms with Crippen LogP contribution in [0.5, 0.6) is 0 Å². The summed E-state index contributed by atoms with van der Waals surface area (Å²) in [6, 6.07) is 86.6. The molecule has 0 fully saturated rings. The number of hydrogen-bond donors (Lipinski definition) is 0. The van der Waals surface area contributed by atoms with Crippen molar-refractivity contribution in [3.05, 3.63) is 311 Å². The molecule has 72 heavy (non-hydrogen) atoms. The first-order chi connectivity index (χ1) is 35.8. The Morgan fingerprint density at radius 1 is 0.250 bits per heavy atom. The number of allylic oxidation sites excluding steroid dienone is 10. The lowest BCUT2D eigenvalue weighted by atomic mass is 9.74. The van der Waals surface area contributed by atoms with Crippen molar-refractivity contribution in [2.75, 3.05) is 0 Å². The van der Waals surface area contributed by atoms with E-state index < -0.39 is 0 Å². The van der Waals surface area contributed by atoms with Gasteiger partial charge in [-0.1, -0.05) is 255 Å². The third-order valence-electron chi connectivity index (χ3n) is 16.0. The SMILES string of the molecule is C1=CC2C=Cc3c(C4=C(c5cccc6c5ccc5ccccc56)C5=C(c6cccc7c6ccc6ccccc67)c6cc(-c7ccccc7)c(-c7ccccc7)cc6C5=C4c4ccccc4)cccc3C2C=C1. The van der Waals surface area contributed by atoms with E-state index in [0.717, 1.165) is 0 Å². The molecule has 0 amide bonds. The highest BCUT2D eigenvalue weighted by Crippen LogP contribution is 2.64. The summed E-state index contributed by atoms with van der Waals surface area (Å²) in [5.41, 5.74) is 22.7. The summed E-state index contributed by atoms with van der Waals surface area (Å²) in [6.45, 7) is 0. The first kappa shape index (κ1) is 40.8. The van der Waals surface area contributed by atoms with Crippen LogP contribution in [-0.4, -0.2) is 0 Å². The van der Waals surface area contributed by atoms with Crippen molar-refractivity contribution in [1.29, 1.82) is 0 Å². The van der Waals surface area contributed by atoms with Gasteiger partial charge in [0.05, 0.1) is 0 Å². The molecule has 0 aliphatic heterocycles. The number of fused-ring (bicyclic) bond motifs is 12. The van der Waals surface area contributed by atoms with E-state index in [-0.39, 0.29) is 5.92 Å². The maximum Gasteiger partial charge on any atom is 0.0125 e. The van der Waals surface area contributed by atoms with Gasteiger partial charge in [-0.15, -0.1) is 0 Å². The topological polar surface area (TPSA) is 0 Å². The quantitative estimate of drug-likeness (QED) is 0.146. The smallest absolute Gasteiger partial charge is 0.0125 e. The van der Waals surface area contributed by atoms with Crippen molar-refractivity contribution in [2.24, 2.45) is 5.92 Å². The van der Waals surface area contributed by atoms with E-state index in [1.165, 1.54) is 143 Å². The van der Waals surface area contributed by atoms with Crippen LogP contribution in [0, 0.1) is 5.92 Å². The Hall–Kier alpha value is -9.10.